The summed E-state index contributed by atoms with van der Waals surface area (Å²) in [6, 6.07) is 0. The SMILES string of the molecule is CCCCc1cnn[se]1. The van der Waals surface area contributed by atoms with Crippen molar-refractivity contribution < 1.29 is 0 Å². The zero-order valence-corrected chi connectivity index (χ0v) is 7.21. The molecule has 1 rings (SSSR count). The van der Waals surface area contributed by atoms with Crippen LogP contribution in [0.3, 0.4) is 0 Å². The number of aromatic nitrogens is 2. The molecule has 0 N–H and O–H groups in total. The summed E-state index contributed by atoms with van der Waals surface area (Å²) in [5, 5.41) is 3.81. The van der Waals surface area contributed by atoms with E-state index in [2.05, 4.69) is 16.1 Å². The van der Waals surface area contributed by atoms with Crippen LogP contribution in [0.25, 0.3) is 0 Å². The Bertz CT molecular complexity index is 148. The van der Waals surface area contributed by atoms with Crippen molar-refractivity contribution in [1.29, 1.82) is 0 Å². The van der Waals surface area contributed by atoms with Crippen LogP contribution in [0.4, 0.5) is 0 Å². The maximum atomic E-state index is 3.91. The van der Waals surface area contributed by atoms with Gasteiger partial charge >= 0.3 is 60.7 Å². The summed E-state index contributed by atoms with van der Waals surface area (Å²) in [6.45, 7) is 2.21. The average Bonchev–Trinajstić information content (AvgIpc) is 2.34. The van der Waals surface area contributed by atoms with Crippen molar-refractivity contribution in [3.63, 3.8) is 0 Å². The van der Waals surface area contributed by atoms with Gasteiger partial charge in [0, 0.05) is 0 Å². The number of unbranched alkanes of at least 4 members (excludes halogenated alkanes) is 1. The van der Waals surface area contributed by atoms with Crippen LogP contribution in [0, 0.1) is 0 Å². The van der Waals surface area contributed by atoms with Crippen LogP contribution in [0.15, 0.2) is 6.20 Å². The Kier molecular flexibility index (Phi) is 2.95. The molecule has 3 heteroatoms. The van der Waals surface area contributed by atoms with Crippen molar-refractivity contribution in [2.24, 2.45) is 0 Å². The fourth-order valence-electron chi connectivity index (χ4n) is 0.649. The fraction of sp³-hybridized carbons (Fsp3) is 0.667. The van der Waals surface area contributed by atoms with Gasteiger partial charge in [-0.2, -0.15) is 0 Å². The first-order valence-corrected chi connectivity index (χ1v) is 4.82. The number of hydrogen-bond donors (Lipinski definition) is 0. The van der Waals surface area contributed by atoms with Crippen molar-refractivity contribution in [2.75, 3.05) is 0 Å². The molecule has 0 bridgehead atoms. The molecule has 50 valence electrons. The molecule has 0 spiro atoms. The van der Waals surface area contributed by atoms with Crippen LogP contribution < -0.4 is 0 Å². The Balaban J connectivity index is 2.30. The standard InChI is InChI=1S/C6H10N2Se/c1-2-3-4-6-5-7-8-9-6/h5H,2-4H2,1H3. The first-order chi connectivity index (χ1) is 4.43. The topological polar surface area (TPSA) is 25.8 Å². The van der Waals surface area contributed by atoms with Crippen LogP contribution in [0.5, 0.6) is 0 Å². The third kappa shape index (κ3) is 2.29. The zero-order chi connectivity index (χ0) is 6.53. The number of hydrogen-bond acceptors (Lipinski definition) is 2. The molecule has 0 aliphatic rings. The van der Waals surface area contributed by atoms with Gasteiger partial charge in [-0.3, -0.25) is 0 Å². The molecule has 1 aromatic rings. The van der Waals surface area contributed by atoms with Gasteiger partial charge in [-0.25, -0.2) is 0 Å². The molecule has 9 heavy (non-hydrogen) atoms. The van der Waals surface area contributed by atoms with Crippen molar-refractivity contribution >= 4 is 14.7 Å². The van der Waals surface area contributed by atoms with Gasteiger partial charge in [0.1, 0.15) is 0 Å². The summed E-state index contributed by atoms with van der Waals surface area (Å²) < 4.78 is 5.36. The molecule has 0 fully saturated rings. The van der Waals surface area contributed by atoms with Crippen LogP contribution in [0.2, 0.25) is 0 Å². The van der Waals surface area contributed by atoms with Crippen LogP contribution in [0.1, 0.15) is 24.2 Å². The zero-order valence-electron chi connectivity index (χ0n) is 5.50. The molecule has 2 nitrogen and oxygen atoms in total. The van der Waals surface area contributed by atoms with E-state index in [0.717, 1.165) is 0 Å². The predicted molar refractivity (Wildman–Crippen MR) is 37.6 cm³/mol. The molecule has 0 aliphatic carbocycles. The van der Waals surface area contributed by atoms with E-state index in [9.17, 15) is 0 Å². The molecule has 1 heterocycles. The van der Waals surface area contributed by atoms with Gasteiger partial charge in [0.2, 0.25) is 0 Å². The minimum atomic E-state index is 0.356. The molecule has 0 unspecified atom stereocenters. The van der Waals surface area contributed by atoms with Gasteiger partial charge in [-0.15, -0.1) is 0 Å². The summed E-state index contributed by atoms with van der Waals surface area (Å²) in [4.78, 5) is 0. The Morgan fingerprint density at radius 2 is 2.56 bits per heavy atom. The van der Waals surface area contributed by atoms with E-state index in [0.29, 0.717) is 14.7 Å². The first kappa shape index (κ1) is 6.97. The van der Waals surface area contributed by atoms with E-state index in [4.69, 9.17) is 0 Å². The van der Waals surface area contributed by atoms with E-state index in [1.807, 2.05) is 6.20 Å². The summed E-state index contributed by atoms with van der Waals surface area (Å²) in [5.74, 6) is 0. The summed E-state index contributed by atoms with van der Waals surface area (Å²) >= 11 is 0.356. The van der Waals surface area contributed by atoms with Crippen molar-refractivity contribution in [2.45, 2.75) is 26.2 Å². The molecular formula is C6H10N2Se. The van der Waals surface area contributed by atoms with Crippen molar-refractivity contribution in [3.8, 4) is 0 Å². The second-order valence-electron chi connectivity index (χ2n) is 1.99. The first-order valence-electron chi connectivity index (χ1n) is 3.19. The summed E-state index contributed by atoms with van der Waals surface area (Å²) in [5.41, 5.74) is 0. The van der Waals surface area contributed by atoms with E-state index >= 15 is 0 Å². The van der Waals surface area contributed by atoms with E-state index in [1.165, 1.54) is 23.7 Å². The Labute approximate surface area is 61.3 Å². The molecule has 1 aromatic heterocycles. The second kappa shape index (κ2) is 3.80. The van der Waals surface area contributed by atoms with Gasteiger partial charge in [0.25, 0.3) is 0 Å². The Morgan fingerprint density at radius 3 is 3.11 bits per heavy atom. The van der Waals surface area contributed by atoms with Crippen LogP contribution >= 0.6 is 0 Å². The third-order valence-electron chi connectivity index (χ3n) is 1.18. The third-order valence-corrected chi connectivity index (χ3v) is 2.69. The second-order valence-corrected chi connectivity index (χ2v) is 3.81. The van der Waals surface area contributed by atoms with Gasteiger partial charge < -0.3 is 0 Å². The number of nitrogens with zero attached hydrogens (tertiary/aromatic N) is 2. The monoisotopic (exact) mass is 190 g/mol. The molecule has 0 aliphatic heterocycles. The molecule has 0 aromatic carbocycles. The average molecular weight is 189 g/mol. The molecular weight excluding hydrogens is 179 g/mol. The van der Waals surface area contributed by atoms with Gasteiger partial charge in [0.05, 0.1) is 0 Å². The van der Waals surface area contributed by atoms with E-state index in [1.54, 1.807) is 0 Å². The van der Waals surface area contributed by atoms with Gasteiger partial charge in [-0.1, -0.05) is 0 Å². The van der Waals surface area contributed by atoms with Gasteiger partial charge in [0.15, 0.2) is 0 Å². The molecule has 0 atom stereocenters. The number of rotatable bonds is 3. The van der Waals surface area contributed by atoms with Crippen LogP contribution in [-0.2, 0) is 6.42 Å². The number of aryl methyl sites for hydroxylation is 1. The summed E-state index contributed by atoms with van der Waals surface area (Å²) in [6.07, 6.45) is 5.69. The fourth-order valence-corrected chi connectivity index (χ4v) is 1.76. The minimum absolute atomic E-state index is 0.356. The van der Waals surface area contributed by atoms with Gasteiger partial charge in [-0.05, 0) is 0 Å². The summed E-state index contributed by atoms with van der Waals surface area (Å²) in [7, 11) is 0. The molecule has 0 amide bonds. The molecule has 0 radical (unpaired) electrons. The normalized spacial score (nSPS) is 9.89. The molecule has 0 saturated carbocycles. The predicted octanol–water partition coefficient (Wildman–Crippen LogP) is 0.876. The van der Waals surface area contributed by atoms with E-state index < -0.39 is 0 Å². The Morgan fingerprint density at radius 1 is 1.67 bits per heavy atom. The Hall–Kier alpha value is -0.141. The van der Waals surface area contributed by atoms with Crippen molar-refractivity contribution in [1.82, 2.24) is 9.19 Å². The quantitative estimate of drug-likeness (QED) is 0.659. The molecule has 0 saturated heterocycles. The van der Waals surface area contributed by atoms with E-state index in [-0.39, 0.29) is 0 Å². The van der Waals surface area contributed by atoms with Crippen molar-refractivity contribution in [3.05, 3.63) is 10.6 Å². The van der Waals surface area contributed by atoms with Crippen LogP contribution in [-0.4, -0.2) is 23.9 Å². The maximum absolute atomic E-state index is 3.91.